The van der Waals surface area contributed by atoms with Crippen LogP contribution in [0.5, 0.6) is 0 Å². The van der Waals surface area contributed by atoms with Gasteiger partial charge in [0.25, 0.3) is 0 Å². The van der Waals surface area contributed by atoms with Crippen LogP contribution in [0.1, 0.15) is 27.0 Å². The van der Waals surface area contributed by atoms with Crippen LogP contribution in [0.4, 0.5) is 11.4 Å². The maximum absolute atomic E-state index is 12.9. The number of anilines is 2. The molecule has 0 saturated carbocycles. The summed E-state index contributed by atoms with van der Waals surface area (Å²) >= 11 is 6.46. The Bertz CT molecular complexity index is 1100. The molecule has 3 aromatic rings. The number of para-hydroxylation sites is 1. The van der Waals surface area contributed by atoms with Crippen LogP contribution in [0.15, 0.2) is 72.8 Å². The Kier molecular flexibility index (Phi) is 8.59. The molecule has 0 aromatic heterocycles. The second kappa shape index (κ2) is 11.6. The lowest BCUT2D eigenvalue weighted by Crippen LogP contribution is -2.19. The van der Waals surface area contributed by atoms with Gasteiger partial charge in [-0.25, -0.2) is 0 Å². The summed E-state index contributed by atoms with van der Waals surface area (Å²) in [5.74, 6) is -0.103. The van der Waals surface area contributed by atoms with Gasteiger partial charge in [-0.2, -0.15) is 0 Å². The van der Waals surface area contributed by atoms with E-state index in [2.05, 4.69) is 5.32 Å². The lowest BCUT2D eigenvalue weighted by atomic mass is 9.99. The fraction of sp³-hybridized carbons (Fsp3) is 0.192. The zero-order chi connectivity index (χ0) is 22.9. The monoisotopic (exact) mass is 451 g/mol. The van der Waals surface area contributed by atoms with Crippen LogP contribution in [0, 0.1) is 6.92 Å². The minimum atomic E-state index is -0.872. The Hall–Kier alpha value is -2.96. The van der Waals surface area contributed by atoms with Gasteiger partial charge in [0.05, 0.1) is 24.8 Å². The van der Waals surface area contributed by atoms with Crippen molar-refractivity contribution in [2.45, 2.75) is 13.0 Å². The number of aliphatic hydroxyl groups is 2. The lowest BCUT2D eigenvalue weighted by molar-refractivity contribution is 0.0151. The molecule has 0 spiro atoms. The van der Waals surface area contributed by atoms with E-state index in [-0.39, 0.29) is 19.0 Å². The Labute approximate surface area is 192 Å². The van der Waals surface area contributed by atoms with Crippen molar-refractivity contribution in [3.8, 4) is 0 Å². The number of hydrogen-bond acceptors (Lipinski definition) is 5. The number of aryl methyl sites for hydroxylation is 1. The van der Waals surface area contributed by atoms with Crippen molar-refractivity contribution in [2.24, 2.45) is 0 Å². The largest absolute Gasteiger partial charge is 0.394 e. The Morgan fingerprint density at radius 2 is 1.84 bits per heavy atom. The summed E-state index contributed by atoms with van der Waals surface area (Å²) in [5, 5.41) is 21.8. The zero-order valence-electron chi connectivity index (χ0n) is 17.8. The number of carbonyl (C=O) groups is 1. The fourth-order valence-electron chi connectivity index (χ4n) is 3.16. The molecule has 1 atom stereocenters. The first-order valence-corrected chi connectivity index (χ1v) is 10.7. The molecule has 0 aliphatic rings. The number of ether oxygens (including phenoxy) is 1. The molecule has 5 nitrogen and oxygen atoms in total. The number of nitrogens with one attached hydrogen (secondary N) is 1. The van der Waals surface area contributed by atoms with E-state index in [0.717, 1.165) is 22.5 Å². The second-order valence-corrected chi connectivity index (χ2v) is 7.73. The van der Waals surface area contributed by atoms with Crippen molar-refractivity contribution in [2.75, 3.05) is 25.1 Å². The molecule has 0 fully saturated rings. The molecule has 0 aliphatic carbocycles. The van der Waals surface area contributed by atoms with Crippen molar-refractivity contribution in [1.29, 1.82) is 0 Å². The average Bonchev–Trinajstić information content (AvgIpc) is 2.79. The molecule has 0 radical (unpaired) electrons. The van der Waals surface area contributed by atoms with E-state index in [9.17, 15) is 9.90 Å². The van der Waals surface area contributed by atoms with Gasteiger partial charge >= 0.3 is 0 Å². The number of halogens is 1. The van der Waals surface area contributed by atoms with Crippen molar-refractivity contribution in [1.82, 2.24) is 0 Å². The minimum Gasteiger partial charge on any atom is -0.394 e. The van der Waals surface area contributed by atoms with Crippen LogP contribution in [0.3, 0.4) is 0 Å². The van der Waals surface area contributed by atoms with E-state index in [0.29, 0.717) is 22.8 Å². The molecule has 0 saturated heterocycles. The van der Waals surface area contributed by atoms with Gasteiger partial charge in [0.15, 0.2) is 5.78 Å². The molecule has 1 unspecified atom stereocenters. The third-order valence-electron chi connectivity index (χ3n) is 4.88. The zero-order valence-corrected chi connectivity index (χ0v) is 18.5. The first kappa shape index (κ1) is 23.7. The van der Waals surface area contributed by atoms with Gasteiger partial charge in [-0.05, 0) is 42.3 Å². The van der Waals surface area contributed by atoms with E-state index in [1.165, 1.54) is 0 Å². The highest BCUT2D eigenvalue weighted by Crippen LogP contribution is 2.28. The van der Waals surface area contributed by atoms with E-state index in [1.807, 2.05) is 67.6 Å². The van der Waals surface area contributed by atoms with Crippen LogP contribution >= 0.6 is 11.6 Å². The molecule has 3 rings (SSSR count). The minimum absolute atomic E-state index is 0.0762. The van der Waals surface area contributed by atoms with Crippen molar-refractivity contribution in [3.05, 3.63) is 100 Å². The number of hydrogen-bond donors (Lipinski definition) is 3. The first-order valence-electron chi connectivity index (χ1n) is 10.3. The average molecular weight is 452 g/mol. The van der Waals surface area contributed by atoms with Gasteiger partial charge < -0.3 is 20.3 Å². The predicted molar refractivity (Wildman–Crippen MR) is 129 cm³/mol. The molecule has 0 bridgehead atoms. The second-order valence-electron chi connectivity index (χ2n) is 7.33. The van der Waals surface area contributed by atoms with Crippen LogP contribution in [0.25, 0.3) is 6.08 Å². The van der Waals surface area contributed by atoms with Crippen LogP contribution < -0.4 is 5.32 Å². The molecule has 0 heterocycles. The van der Waals surface area contributed by atoms with Gasteiger partial charge in [-0.3, -0.25) is 4.79 Å². The van der Waals surface area contributed by atoms with Crippen LogP contribution in [-0.4, -0.2) is 41.9 Å². The van der Waals surface area contributed by atoms with E-state index in [1.54, 1.807) is 18.2 Å². The summed E-state index contributed by atoms with van der Waals surface area (Å²) in [6.45, 7) is 1.97. The van der Waals surface area contributed by atoms with Crippen molar-refractivity contribution >= 4 is 34.8 Å². The summed E-state index contributed by atoms with van der Waals surface area (Å²) in [5.41, 5.74) is 4.58. The van der Waals surface area contributed by atoms with Crippen molar-refractivity contribution < 1.29 is 19.7 Å². The molecule has 6 heteroatoms. The van der Waals surface area contributed by atoms with Crippen LogP contribution in [-0.2, 0) is 4.74 Å². The Balaban J connectivity index is 1.71. The number of ketones is 1. The summed E-state index contributed by atoms with van der Waals surface area (Å²) < 4.78 is 5.30. The quantitative estimate of drug-likeness (QED) is 0.298. The third kappa shape index (κ3) is 6.28. The van der Waals surface area contributed by atoms with E-state index < -0.39 is 6.10 Å². The topological polar surface area (TPSA) is 78.8 Å². The molecule has 166 valence electrons. The summed E-state index contributed by atoms with van der Waals surface area (Å²) in [6.07, 6.45) is 2.87. The molecular weight excluding hydrogens is 426 g/mol. The molecule has 32 heavy (non-hydrogen) atoms. The standard InChI is InChI=1S/C26H26ClNO4/c1-18-7-2-4-10-22(18)26(31)23-13-12-20(15-24(23)27)28-25-11-5-3-8-19(25)9-6-14-32-17-21(30)16-29/h2-13,15,21,28-30H,14,16-17H2,1H3/b9-6+. The normalized spacial score (nSPS) is 12.1. The van der Waals surface area contributed by atoms with Gasteiger partial charge in [0.1, 0.15) is 6.10 Å². The summed E-state index contributed by atoms with van der Waals surface area (Å²) in [4.78, 5) is 12.9. The predicted octanol–water partition coefficient (Wildman–Crippen LogP) is 5.01. The molecule has 0 aliphatic heterocycles. The summed E-state index contributed by atoms with van der Waals surface area (Å²) in [7, 11) is 0. The summed E-state index contributed by atoms with van der Waals surface area (Å²) in [6, 6.07) is 20.5. The Morgan fingerprint density at radius 3 is 2.59 bits per heavy atom. The highest BCUT2D eigenvalue weighted by Gasteiger charge is 2.15. The molecular formula is C26H26ClNO4. The van der Waals surface area contributed by atoms with Gasteiger partial charge in [0, 0.05) is 22.5 Å². The fourth-order valence-corrected chi connectivity index (χ4v) is 3.43. The van der Waals surface area contributed by atoms with Gasteiger partial charge in [-0.15, -0.1) is 0 Å². The highest BCUT2D eigenvalue weighted by molar-refractivity contribution is 6.35. The molecule has 3 N–H and O–H groups in total. The first-order chi connectivity index (χ1) is 15.5. The number of aliphatic hydroxyl groups excluding tert-OH is 2. The number of benzene rings is 3. The third-order valence-corrected chi connectivity index (χ3v) is 5.19. The molecule has 0 amide bonds. The van der Waals surface area contributed by atoms with Crippen molar-refractivity contribution in [3.63, 3.8) is 0 Å². The van der Waals surface area contributed by atoms with Gasteiger partial charge in [0.2, 0.25) is 0 Å². The highest BCUT2D eigenvalue weighted by atomic mass is 35.5. The van der Waals surface area contributed by atoms with Crippen LogP contribution in [0.2, 0.25) is 5.02 Å². The smallest absolute Gasteiger partial charge is 0.194 e. The maximum Gasteiger partial charge on any atom is 0.194 e. The van der Waals surface area contributed by atoms with E-state index in [4.69, 9.17) is 21.4 Å². The maximum atomic E-state index is 12.9. The van der Waals surface area contributed by atoms with Gasteiger partial charge in [-0.1, -0.05) is 66.2 Å². The van der Waals surface area contributed by atoms with E-state index >= 15 is 0 Å². The SMILES string of the molecule is Cc1ccccc1C(=O)c1ccc(Nc2ccccc2/C=C/COCC(O)CO)cc1Cl. The number of rotatable bonds is 10. The molecule has 3 aromatic carbocycles. The lowest BCUT2D eigenvalue weighted by Gasteiger charge is -2.12. The Morgan fingerprint density at radius 1 is 1.09 bits per heavy atom. The number of carbonyl (C=O) groups excluding carboxylic acids is 1.